The summed E-state index contributed by atoms with van der Waals surface area (Å²) in [7, 11) is 0. The minimum absolute atomic E-state index is 0.479. The second-order valence-corrected chi connectivity index (χ2v) is 6.66. The standard InChI is InChI=1S/C17H17Cl2N3OS/c18-12-9-13(19)11-15(10-12)21-17(24)20-14-1-3-16(4-2-14)22-5-7-23-8-6-22/h1-4,9-11H,5-8H2,(H2,20,21,24). The topological polar surface area (TPSA) is 36.5 Å². The van der Waals surface area contributed by atoms with Crippen molar-refractivity contribution in [3.05, 3.63) is 52.5 Å². The molecule has 7 heteroatoms. The molecule has 0 aliphatic carbocycles. The smallest absolute Gasteiger partial charge is 0.175 e. The van der Waals surface area contributed by atoms with Gasteiger partial charge in [-0.2, -0.15) is 0 Å². The van der Waals surface area contributed by atoms with Crippen molar-refractivity contribution in [1.29, 1.82) is 0 Å². The summed E-state index contributed by atoms with van der Waals surface area (Å²) in [4.78, 5) is 2.30. The van der Waals surface area contributed by atoms with Gasteiger partial charge in [-0.25, -0.2) is 0 Å². The molecule has 0 aromatic heterocycles. The zero-order valence-electron chi connectivity index (χ0n) is 12.9. The summed E-state index contributed by atoms with van der Waals surface area (Å²) < 4.78 is 5.37. The van der Waals surface area contributed by atoms with Gasteiger partial charge in [-0.05, 0) is 54.7 Å². The molecule has 3 rings (SSSR count). The largest absolute Gasteiger partial charge is 0.378 e. The van der Waals surface area contributed by atoms with Gasteiger partial charge < -0.3 is 20.3 Å². The third-order valence-corrected chi connectivity index (χ3v) is 4.26. The van der Waals surface area contributed by atoms with Crippen molar-refractivity contribution >= 4 is 57.6 Å². The van der Waals surface area contributed by atoms with Crippen LogP contribution in [0.15, 0.2) is 42.5 Å². The second-order valence-electron chi connectivity index (χ2n) is 5.38. The molecular formula is C17H17Cl2N3OS. The number of hydrogen-bond acceptors (Lipinski definition) is 3. The van der Waals surface area contributed by atoms with E-state index in [1.165, 1.54) is 5.69 Å². The van der Waals surface area contributed by atoms with Gasteiger partial charge in [-0.15, -0.1) is 0 Å². The molecule has 0 saturated carbocycles. The maximum absolute atomic E-state index is 5.98. The first-order valence-corrected chi connectivity index (χ1v) is 8.73. The SMILES string of the molecule is S=C(Nc1ccc(N2CCOCC2)cc1)Nc1cc(Cl)cc(Cl)c1. The van der Waals surface area contributed by atoms with E-state index in [2.05, 4.69) is 27.7 Å². The molecule has 126 valence electrons. The lowest BCUT2D eigenvalue weighted by atomic mass is 10.2. The van der Waals surface area contributed by atoms with E-state index >= 15 is 0 Å². The number of benzene rings is 2. The van der Waals surface area contributed by atoms with Crippen LogP contribution in [0.3, 0.4) is 0 Å². The van der Waals surface area contributed by atoms with Crippen LogP contribution in [0.5, 0.6) is 0 Å². The van der Waals surface area contributed by atoms with Crippen LogP contribution in [0.25, 0.3) is 0 Å². The summed E-state index contributed by atoms with van der Waals surface area (Å²) in [5.74, 6) is 0. The highest BCUT2D eigenvalue weighted by molar-refractivity contribution is 7.80. The highest BCUT2D eigenvalue weighted by Crippen LogP contribution is 2.23. The molecule has 1 heterocycles. The molecule has 0 atom stereocenters. The van der Waals surface area contributed by atoms with Gasteiger partial charge in [0.15, 0.2) is 5.11 Å². The fourth-order valence-electron chi connectivity index (χ4n) is 2.50. The molecule has 2 aromatic rings. The van der Waals surface area contributed by atoms with Gasteiger partial charge in [-0.3, -0.25) is 0 Å². The average Bonchev–Trinajstić information content (AvgIpc) is 2.55. The Morgan fingerprint density at radius 3 is 2.12 bits per heavy atom. The Bertz CT molecular complexity index is 698. The first kappa shape index (κ1) is 17.3. The zero-order valence-corrected chi connectivity index (χ0v) is 15.2. The lowest BCUT2D eigenvalue weighted by molar-refractivity contribution is 0.122. The molecule has 0 bridgehead atoms. The molecular weight excluding hydrogens is 365 g/mol. The molecule has 1 aliphatic rings. The average molecular weight is 382 g/mol. The van der Waals surface area contributed by atoms with Crippen molar-refractivity contribution in [2.75, 3.05) is 41.8 Å². The van der Waals surface area contributed by atoms with Crippen LogP contribution in [0.2, 0.25) is 10.0 Å². The first-order valence-electron chi connectivity index (χ1n) is 7.57. The van der Waals surface area contributed by atoms with Gasteiger partial charge in [0.25, 0.3) is 0 Å². The molecule has 0 amide bonds. The molecule has 0 unspecified atom stereocenters. The molecule has 2 N–H and O–H groups in total. The van der Waals surface area contributed by atoms with Gasteiger partial charge in [0, 0.05) is 40.2 Å². The molecule has 0 radical (unpaired) electrons. The van der Waals surface area contributed by atoms with Crippen LogP contribution in [0.1, 0.15) is 0 Å². The number of rotatable bonds is 3. The maximum atomic E-state index is 5.98. The molecule has 2 aromatic carbocycles. The van der Waals surface area contributed by atoms with E-state index in [4.69, 9.17) is 40.2 Å². The van der Waals surface area contributed by atoms with E-state index in [1.54, 1.807) is 18.2 Å². The summed E-state index contributed by atoms with van der Waals surface area (Å²) in [6, 6.07) is 13.4. The Morgan fingerprint density at radius 2 is 1.50 bits per heavy atom. The fraction of sp³-hybridized carbons (Fsp3) is 0.235. The number of nitrogens with zero attached hydrogens (tertiary/aromatic N) is 1. The summed E-state index contributed by atoms with van der Waals surface area (Å²) >= 11 is 17.3. The highest BCUT2D eigenvalue weighted by atomic mass is 35.5. The van der Waals surface area contributed by atoms with Gasteiger partial charge in [0.1, 0.15) is 0 Å². The van der Waals surface area contributed by atoms with Gasteiger partial charge in [0.05, 0.1) is 13.2 Å². The van der Waals surface area contributed by atoms with E-state index in [0.717, 1.165) is 37.7 Å². The number of thiocarbonyl (C=S) groups is 1. The molecule has 24 heavy (non-hydrogen) atoms. The highest BCUT2D eigenvalue weighted by Gasteiger charge is 2.10. The van der Waals surface area contributed by atoms with Crippen LogP contribution in [-0.2, 0) is 4.74 Å². The van der Waals surface area contributed by atoms with Crippen LogP contribution in [0, 0.1) is 0 Å². The summed E-state index contributed by atoms with van der Waals surface area (Å²) in [6.07, 6.45) is 0. The van der Waals surface area contributed by atoms with Crippen molar-refractivity contribution in [2.45, 2.75) is 0 Å². The predicted molar refractivity (Wildman–Crippen MR) is 106 cm³/mol. The summed E-state index contributed by atoms with van der Waals surface area (Å²) in [5.41, 5.74) is 2.84. The summed E-state index contributed by atoms with van der Waals surface area (Å²) in [6.45, 7) is 3.39. The lowest BCUT2D eigenvalue weighted by Crippen LogP contribution is -2.36. The van der Waals surface area contributed by atoms with Crippen LogP contribution in [-0.4, -0.2) is 31.4 Å². The van der Waals surface area contributed by atoms with E-state index in [1.807, 2.05) is 12.1 Å². The van der Waals surface area contributed by atoms with Gasteiger partial charge in [-0.1, -0.05) is 23.2 Å². The Hall–Kier alpha value is -1.53. The molecule has 0 spiro atoms. The van der Waals surface area contributed by atoms with E-state index in [0.29, 0.717) is 15.2 Å². The van der Waals surface area contributed by atoms with E-state index in [9.17, 15) is 0 Å². The van der Waals surface area contributed by atoms with Crippen LogP contribution < -0.4 is 15.5 Å². The number of anilines is 3. The zero-order chi connectivity index (χ0) is 16.9. The molecule has 4 nitrogen and oxygen atoms in total. The first-order chi connectivity index (χ1) is 11.6. The minimum atomic E-state index is 0.479. The van der Waals surface area contributed by atoms with Crippen molar-refractivity contribution in [2.24, 2.45) is 0 Å². The van der Waals surface area contributed by atoms with Crippen molar-refractivity contribution < 1.29 is 4.74 Å². The third-order valence-electron chi connectivity index (χ3n) is 3.62. The van der Waals surface area contributed by atoms with Crippen LogP contribution in [0.4, 0.5) is 17.1 Å². The molecule has 1 saturated heterocycles. The summed E-state index contributed by atoms with van der Waals surface area (Å²) in [5, 5.41) is 7.82. The van der Waals surface area contributed by atoms with Crippen molar-refractivity contribution in [3.63, 3.8) is 0 Å². The van der Waals surface area contributed by atoms with E-state index < -0.39 is 0 Å². The van der Waals surface area contributed by atoms with Crippen LogP contribution >= 0.6 is 35.4 Å². The number of ether oxygens (including phenoxy) is 1. The number of nitrogens with one attached hydrogen (secondary N) is 2. The third kappa shape index (κ3) is 4.74. The second kappa shape index (κ2) is 8.03. The lowest BCUT2D eigenvalue weighted by Gasteiger charge is -2.29. The molecule has 1 fully saturated rings. The normalized spacial score (nSPS) is 14.3. The number of morpholine rings is 1. The van der Waals surface area contributed by atoms with Gasteiger partial charge in [0.2, 0.25) is 0 Å². The number of hydrogen-bond donors (Lipinski definition) is 2. The quantitative estimate of drug-likeness (QED) is 0.757. The van der Waals surface area contributed by atoms with Crippen molar-refractivity contribution in [3.8, 4) is 0 Å². The van der Waals surface area contributed by atoms with Crippen molar-refractivity contribution in [1.82, 2.24) is 0 Å². The Balaban J connectivity index is 1.59. The Labute approximate surface area is 156 Å². The monoisotopic (exact) mass is 381 g/mol. The number of halogens is 2. The Kier molecular flexibility index (Phi) is 5.79. The fourth-order valence-corrected chi connectivity index (χ4v) is 3.26. The Morgan fingerprint density at radius 1 is 0.917 bits per heavy atom. The maximum Gasteiger partial charge on any atom is 0.175 e. The predicted octanol–water partition coefficient (Wildman–Crippen LogP) is 4.64. The van der Waals surface area contributed by atoms with E-state index in [-0.39, 0.29) is 0 Å². The molecule has 1 aliphatic heterocycles. The van der Waals surface area contributed by atoms with Gasteiger partial charge >= 0.3 is 0 Å². The minimum Gasteiger partial charge on any atom is -0.378 e.